The average Bonchev–Trinajstić information content (AvgIpc) is 2.46. The third kappa shape index (κ3) is 1.26. The maximum atomic E-state index is 3.28. The molecule has 0 fully saturated rings. The molecule has 0 heterocycles. The van der Waals surface area contributed by atoms with Crippen LogP contribution in [0.2, 0.25) is 0 Å². The highest BCUT2D eigenvalue weighted by Gasteiger charge is 2.03. The molecule has 0 N–H and O–H groups in total. The fourth-order valence-corrected chi connectivity index (χ4v) is 2.63. The third-order valence-electron chi connectivity index (χ3n) is 3.50. The van der Waals surface area contributed by atoms with Crippen molar-refractivity contribution in [3.05, 3.63) is 72.8 Å². The summed E-state index contributed by atoms with van der Waals surface area (Å²) in [6.45, 7) is 0. The molecule has 0 heteroatoms. The van der Waals surface area contributed by atoms with Crippen molar-refractivity contribution in [1.82, 2.24) is 0 Å². The average molecular weight is 226 g/mol. The summed E-state index contributed by atoms with van der Waals surface area (Å²) in [5.74, 6) is 0. The number of fused-ring (bicyclic) bond motifs is 5. The lowest BCUT2D eigenvalue weighted by Crippen LogP contribution is -1.80. The van der Waals surface area contributed by atoms with Gasteiger partial charge in [0.25, 0.3) is 0 Å². The minimum atomic E-state index is 1.17. The largest absolute Gasteiger partial charge is 0.0610 e. The summed E-state index contributed by atoms with van der Waals surface area (Å²) in [4.78, 5) is 0. The van der Waals surface area contributed by atoms with Crippen LogP contribution in [0.1, 0.15) is 0 Å². The van der Waals surface area contributed by atoms with Crippen LogP contribution in [0.4, 0.5) is 0 Å². The predicted octanol–water partition coefficient (Wildman–Crippen LogP) is 4.75. The van der Waals surface area contributed by atoms with Gasteiger partial charge in [-0.05, 0) is 50.5 Å². The van der Waals surface area contributed by atoms with E-state index >= 15 is 0 Å². The summed E-state index contributed by atoms with van der Waals surface area (Å²) in [7, 11) is 0. The maximum Gasteiger partial charge on any atom is -0.00987 e. The van der Waals surface area contributed by atoms with E-state index in [0.29, 0.717) is 0 Å². The van der Waals surface area contributed by atoms with Gasteiger partial charge in [0, 0.05) is 0 Å². The molecule has 0 amide bonds. The predicted molar refractivity (Wildman–Crippen MR) is 76.6 cm³/mol. The highest BCUT2D eigenvalue weighted by atomic mass is 14.1. The van der Waals surface area contributed by atoms with Crippen molar-refractivity contribution < 1.29 is 0 Å². The Morgan fingerprint density at radius 2 is 1.56 bits per heavy atom. The molecule has 82 valence electrons. The minimum Gasteiger partial charge on any atom is -0.0610 e. The van der Waals surface area contributed by atoms with E-state index in [4.69, 9.17) is 0 Å². The Balaban J connectivity index is 2.31. The van der Waals surface area contributed by atoms with Crippen molar-refractivity contribution in [2.45, 2.75) is 0 Å². The second-order valence-corrected chi connectivity index (χ2v) is 4.50. The van der Waals surface area contributed by atoms with Gasteiger partial charge in [0.2, 0.25) is 0 Å². The molecule has 0 saturated carbocycles. The first-order valence-electron chi connectivity index (χ1n) is 6.05. The molecular formula is C18H10. The molecule has 0 spiro atoms. The van der Waals surface area contributed by atoms with Gasteiger partial charge < -0.3 is 0 Å². The lowest BCUT2D eigenvalue weighted by atomic mass is 9.97. The van der Waals surface area contributed by atoms with E-state index in [1.54, 1.807) is 0 Å². The van der Waals surface area contributed by atoms with Crippen LogP contribution in [0.25, 0.3) is 32.3 Å². The highest BCUT2D eigenvalue weighted by Crippen LogP contribution is 2.30. The molecule has 18 heavy (non-hydrogen) atoms. The van der Waals surface area contributed by atoms with Gasteiger partial charge in [-0.25, -0.2) is 0 Å². The second-order valence-electron chi connectivity index (χ2n) is 4.50. The molecule has 0 aliphatic rings. The van der Waals surface area contributed by atoms with Gasteiger partial charge >= 0.3 is 0 Å². The van der Waals surface area contributed by atoms with Gasteiger partial charge in [-0.1, -0.05) is 54.6 Å². The summed E-state index contributed by atoms with van der Waals surface area (Å²) in [6, 6.07) is 27.5. The van der Waals surface area contributed by atoms with Gasteiger partial charge in [0.05, 0.1) is 0 Å². The van der Waals surface area contributed by atoms with Crippen molar-refractivity contribution in [3.63, 3.8) is 0 Å². The highest BCUT2D eigenvalue weighted by molar-refractivity contribution is 6.16. The molecule has 0 aromatic heterocycles. The van der Waals surface area contributed by atoms with Crippen molar-refractivity contribution in [1.29, 1.82) is 0 Å². The van der Waals surface area contributed by atoms with Crippen molar-refractivity contribution in [3.8, 4) is 0 Å². The first-order valence-corrected chi connectivity index (χ1v) is 6.05. The Hall–Kier alpha value is -2.34. The van der Waals surface area contributed by atoms with Crippen molar-refractivity contribution >= 4 is 32.3 Å². The molecule has 4 rings (SSSR count). The van der Waals surface area contributed by atoms with E-state index in [2.05, 4.69) is 54.6 Å². The van der Waals surface area contributed by atoms with Crippen LogP contribution in [-0.4, -0.2) is 0 Å². The van der Waals surface area contributed by atoms with Crippen LogP contribution < -0.4 is 0 Å². The Morgan fingerprint density at radius 1 is 0.667 bits per heavy atom. The zero-order valence-electron chi connectivity index (χ0n) is 9.77. The Morgan fingerprint density at radius 3 is 2.56 bits per heavy atom. The van der Waals surface area contributed by atoms with Crippen LogP contribution in [0.5, 0.6) is 0 Å². The van der Waals surface area contributed by atoms with E-state index in [-0.39, 0.29) is 0 Å². The number of hydrogen-bond acceptors (Lipinski definition) is 0. The molecule has 0 aliphatic carbocycles. The molecule has 2 radical (unpaired) electrons. The minimum absolute atomic E-state index is 1.17. The van der Waals surface area contributed by atoms with E-state index in [9.17, 15) is 0 Å². The van der Waals surface area contributed by atoms with E-state index < -0.39 is 0 Å². The fraction of sp³-hybridized carbons (Fsp3) is 0. The Bertz CT molecular complexity index is 797. The van der Waals surface area contributed by atoms with Gasteiger partial charge in [-0.15, -0.1) is 0 Å². The number of hydrogen-bond donors (Lipinski definition) is 0. The normalized spacial score (nSPS) is 11.3. The molecule has 0 bridgehead atoms. The van der Waals surface area contributed by atoms with E-state index in [1.165, 1.54) is 32.3 Å². The monoisotopic (exact) mass is 226 g/mol. The third-order valence-corrected chi connectivity index (χ3v) is 3.50. The number of benzene rings is 4. The summed E-state index contributed by atoms with van der Waals surface area (Å²) in [5, 5.41) is 7.54. The van der Waals surface area contributed by atoms with Crippen LogP contribution in [0, 0.1) is 12.1 Å². The molecular weight excluding hydrogens is 216 g/mol. The smallest absolute Gasteiger partial charge is 0.00987 e. The van der Waals surface area contributed by atoms with Crippen LogP contribution >= 0.6 is 0 Å². The lowest BCUT2D eigenvalue weighted by molar-refractivity contribution is 1.76. The first kappa shape index (κ1) is 9.67. The maximum absolute atomic E-state index is 3.28. The summed E-state index contributed by atoms with van der Waals surface area (Å²) in [5.41, 5.74) is 0. The van der Waals surface area contributed by atoms with Gasteiger partial charge in [0.15, 0.2) is 0 Å². The quantitative estimate of drug-likeness (QED) is 0.380. The van der Waals surface area contributed by atoms with Crippen LogP contribution in [-0.2, 0) is 0 Å². The zero-order valence-corrected chi connectivity index (χ0v) is 9.77. The first-order chi connectivity index (χ1) is 8.93. The molecule has 0 nitrogen and oxygen atoms in total. The van der Waals surface area contributed by atoms with Gasteiger partial charge in [-0.3, -0.25) is 0 Å². The summed E-state index contributed by atoms with van der Waals surface area (Å²) >= 11 is 0. The number of rotatable bonds is 0. The van der Waals surface area contributed by atoms with Crippen LogP contribution in [0.15, 0.2) is 60.7 Å². The van der Waals surface area contributed by atoms with E-state index in [1.807, 2.05) is 18.2 Å². The molecule has 0 unspecified atom stereocenters. The van der Waals surface area contributed by atoms with E-state index in [0.717, 1.165) is 0 Å². The molecule has 4 aromatic carbocycles. The fourth-order valence-electron chi connectivity index (χ4n) is 2.63. The molecule has 0 atom stereocenters. The van der Waals surface area contributed by atoms with Gasteiger partial charge in [-0.2, -0.15) is 0 Å². The van der Waals surface area contributed by atoms with Crippen LogP contribution in [0.3, 0.4) is 0 Å². The Labute approximate surface area is 105 Å². The van der Waals surface area contributed by atoms with Crippen molar-refractivity contribution in [2.24, 2.45) is 0 Å². The standard InChI is InChI=1S/C18H10/c1-3-7-15-13(5-1)9-11-18-16-8-4-2-6-14(16)10-12-17(15)18/h1-3,6-12H. The molecule has 0 saturated heterocycles. The summed E-state index contributed by atoms with van der Waals surface area (Å²) < 4.78 is 0. The summed E-state index contributed by atoms with van der Waals surface area (Å²) in [6.07, 6.45) is 0. The Kier molecular flexibility index (Phi) is 1.92. The van der Waals surface area contributed by atoms with Crippen molar-refractivity contribution in [2.75, 3.05) is 0 Å². The lowest BCUT2D eigenvalue weighted by Gasteiger charge is -2.06. The second kappa shape index (κ2) is 3.58. The molecule has 4 aromatic rings. The van der Waals surface area contributed by atoms with Gasteiger partial charge in [0.1, 0.15) is 0 Å². The zero-order chi connectivity index (χ0) is 11.9. The molecule has 0 aliphatic heterocycles. The topological polar surface area (TPSA) is 0 Å². The SMILES string of the molecule is [c]1ccc2ccc3c4ccc[c]c4ccc3c2c1.